The summed E-state index contributed by atoms with van der Waals surface area (Å²) in [6, 6.07) is 0. The molecule has 0 spiro atoms. The van der Waals surface area contributed by atoms with Crippen LogP contribution < -0.4 is 0 Å². The van der Waals surface area contributed by atoms with E-state index in [2.05, 4.69) is 69.2 Å². The molecule has 0 aromatic heterocycles. The van der Waals surface area contributed by atoms with Gasteiger partial charge in [0.1, 0.15) is 0 Å². The molecule has 0 N–H and O–H groups in total. The average molecular weight is 317 g/mol. The summed E-state index contributed by atoms with van der Waals surface area (Å²) < 4.78 is 0. The summed E-state index contributed by atoms with van der Waals surface area (Å²) in [5.74, 6) is 1.78. The van der Waals surface area contributed by atoms with Gasteiger partial charge in [0, 0.05) is 0 Å². The van der Waals surface area contributed by atoms with Crippen molar-refractivity contribution >= 4 is 0 Å². The van der Waals surface area contributed by atoms with Crippen LogP contribution in [0.2, 0.25) is 0 Å². The minimum Gasteiger partial charge on any atom is -0.0654 e. The van der Waals surface area contributed by atoms with Crippen LogP contribution in [-0.4, -0.2) is 0 Å². The Hall–Kier alpha value is 0. The molecule has 0 saturated carbocycles. The summed E-state index contributed by atoms with van der Waals surface area (Å²) in [5.41, 5.74) is 0. The van der Waals surface area contributed by atoms with Crippen molar-refractivity contribution in [2.75, 3.05) is 0 Å². The van der Waals surface area contributed by atoms with Crippen LogP contribution >= 0.6 is 0 Å². The van der Waals surface area contributed by atoms with Gasteiger partial charge < -0.3 is 0 Å². The largest absolute Gasteiger partial charge is 0.0654 e. The molecule has 0 amide bonds. The molecule has 0 radical (unpaired) electrons. The minimum atomic E-state index is 0.884. The molecule has 0 saturated heterocycles. The Labute approximate surface area is 145 Å². The van der Waals surface area contributed by atoms with E-state index in [4.69, 9.17) is 0 Å². The summed E-state index contributed by atoms with van der Waals surface area (Å²) in [5, 5.41) is 0. The van der Waals surface area contributed by atoms with E-state index in [1.54, 1.807) is 0 Å². The van der Waals surface area contributed by atoms with Crippen LogP contribution in [0.3, 0.4) is 0 Å². The summed E-state index contributed by atoms with van der Waals surface area (Å²) in [6.07, 6.45) is 13.6. The minimum absolute atomic E-state index is 0.884. The molecular formula is C22H52. The van der Waals surface area contributed by atoms with Crippen molar-refractivity contribution in [2.24, 2.45) is 11.8 Å². The standard InChI is InChI=1S/2C6H14.2C5H12/c1-4-5-6(2)3;1-3-5-6-4-2;1-4-5(2)3;1-3-5-4-2/h6H,4-5H2,1-3H3;3-6H2,1-2H3;5H,4H2,1-3H3;3-5H2,1-2H3. The van der Waals surface area contributed by atoms with Crippen molar-refractivity contribution in [3.8, 4) is 0 Å². The first-order valence-electron chi connectivity index (χ1n) is 10.4. The number of unbranched alkanes of at least 4 members (excludes halogenated alkanes) is 5. The first kappa shape index (κ1) is 29.9. The van der Waals surface area contributed by atoms with Gasteiger partial charge in [-0.15, -0.1) is 0 Å². The summed E-state index contributed by atoms with van der Waals surface area (Å²) in [4.78, 5) is 0. The fraction of sp³-hybridized carbons (Fsp3) is 1.00. The van der Waals surface area contributed by atoms with Crippen LogP contribution in [0.25, 0.3) is 0 Å². The normalized spacial score (nSPS) is 9.27. The third-order valence-electron chi connectivity index (χ3n) is 3.35. The molecule has 0 aliphatic carbocycles. The Balaban J connectivity index is -0.0000000986. The van der Waals surface area contributed by atoms with Crippen LogP contribution in [0, 0.1) is 11.8 Å². The van der Waals surface area contributed by atoms with E-state index in [0.717, 1.165) is 11.8 Å². The van der Waals surface area contributed by atoms with Crippen molar-refractivity contribution in [2.45, 2.75) is 133 Å². The topological polar surface area (TPSA) is 0 Å². The van der Waals surface area contributed by atoms with Crippen molar-refractivity contribution in [3.05, 3.63) is 0 Å². The highest BCUT2D eigenvalue weighted by atomic mass is 13.9. The second kappa shape index (κ2) is 32.8. The fourth-order valence-corrected chi connectivity index (χ4v) is 1.43. The zero-order valence-corrected chi connectivity index (χ0v) is 18.2. The predicted molar refractivity (Wildman–Crippen MR) is 110 cm³/mol. The lowest BCUT2D eigenvalue weighted by Crippen LogP contribution is -1.81. The van der Waals surface area contributed by atoms with E-state index in [-0.39, 0.29) is 0 Å². The van der Waals surface area contributed by atoms with Crippen LogP contribution in [0.4, 0.5) is 0 Å². The molecule has 0 unspecified atom stereocenters. The average Bonchev–Trinajstić information content (AvgIpc) is 2.47. The molecule has 0 aliphatic rings. The number of hydrogen-bond acceptors (Lipinski definition) is 0. The summed E-state index contributed by atoms with van der Waals surface area (Å²) in [6.45, 7) is 22.3. The van der Waals surface area contributed by atoms with Gasteiger partial charge in [-0.3, -0.25) is 0 Å². The number of hydrogen-bond donors (Lipinski definition) is 0. The van der Waals surface area contributed by atoms with E-state index in [0.29, 0.717) is 0 Å². The van der Waals surface area contributed by atoms with Crippen molar-refractivity contribution in [3.63, 3.8) is 0 Å². The Morgan fingerprint density at radius 1 is 0.455 bits per heavy atom. The first-order chi connectivity index (χ1) is 10.4. The highest BCUT2D eigenvalue weighted by Crippen LogP contribution is 2.00. The monoisotopic (exact) mass is 316 g/mol. The van der Waals surface area contributed by atoms with Gasteiger partial charge in [-0.05, 0) is 11.8 Å². The van der Waals surface area contributed by atoms with Gasteiger partial charge in [-0.25, -0.2) is 0 Å². The molecule has 0 heteroatoms. The molecule has 0 bridgehead atoms. The highest BCUT2D eigenvalue weighted by Gasteiger charge is 1.85. The van der Waals surface area contributed by atoms with Crippen molar-refractivity contribution in [1.82, 2.24) is 0 Å². The molecule has 0 aromatic carbocycles. The molecule has 0 atom stereocenters. The third kappa shape index (κ3) is 72.2. The van der Waals surface area contributed by atoms with Crippen LogP contribution in [0.1, 0.15) is 133 Å². The molecule has 140 valence electrons. The molecular weight excluding hydrogens is 264 g/mol. The quantitative estimate of drug-likeness (QED) is 0.391. The van der Waals surface area contributed by atoms with Crippen molar-refractivity contribution < 1.29 is 0 Å². The third-order valence-corrected chi connectivity index (χ3v) is 3.35. The highest BCUT2D eigenvalue weighted by molar-refractivity contribution is 4.38. The van der Waals surface area contributed by atoms with Gasteiger partial charge in [0.15, 0.2) is 0 Å². The second-order valence-electron chi connectivity index (χ2n) is 7.05. The Morgan fingerprint density at radius 2 is 0.773 bits per heavy atom. The van der Waals surface area contributed by atoms with E-state index in [1.165, 1.54) is 64.2 Å². The Morgan fingerprint density at radius 3 is 0.818 bits per heavy atom. The van der Waals surface area contributed by atoms with Crippen LogP contribution in [0.15, 0.2) is 0 Å². The zero-order valence-electron chi connectivity index (χ0n) is 18.2. The molecule has 0 aromatic rings. The maximum atomic E-state index is 2.25. The summed E-state index contributed by atoms with van der Waals surface area (Å²) in [7, 11) is 0. The molecule has 0 rings (SSSR count). The van der Waals surface area contributed by atoms with Gasteiger partial charge in [0.05, 0.1) is 0 Å². The SMILES string of the molecule is CCC(C)C.CCCC(C)C.CCCCC.CCCCCC. The Bertz CT molecular complexity index is 118. The predicted octanol–water partition coefficient (Wildman–Crippen LogP) is 9.28. The first-order valence-corrected chi connectivity index (χ1v) is 10.4. The molecule has 0 nitrogen and oxygen atoms in total. The van der Waals surface area contributed by atoms with E-state index in [1.807, 2.05) is 0 Å². The molecule has 0 fully saturated rings. The lowest BCUT2D eigenvalue weighted by Gasteiger charge is -1.95. The van der Waals surface area contributed by atoms with E-state index in [9.17, 15) is 0 Å². The maximum Gasteiger partial charge on any atom is -0.0471 e. The van der Waals surface area contributed by atoms with Gasteiger partial charge in [-0.1, -0.05) is 133 Å². The van der Waals surface area contributed by atoms with E-state index < -0.39 is 0 Å². The molecule has 0 aliphatic heterocycles. The maximum absolute atomic E-state index is 2.25. The second-order valence-corrected chi connectivity index (χ2v) is 7.05. The zero-order chi connectivity index (χ0) is 18.2. The van der Waals surface area contributed by atoms with Gasteiger partial charge in [0.2, 0.25) is 0 Å². The van der Waals surface area contributed by atoms with E-state index >= 15 is 0 Å². The van der Waals surface area contributed by atoms with Gasteiger partial charge >= 0.3 is 0 Å². The fourth-order valence-electron chi connectivity index (χ4n) is 1.43. The van der Waals surface area contributed by atoms with Gasteiger partial charge in [-0.2, -0.15) is 0 Å². The van der Waals surface area contributed by atoms with Crippen LogP contribution in [-0.2, 0) is 0 Å². The van der Waals surface area contributed by atoms with Gasteiger partial charge in [0.25, 0.3) is 0 Å². The van der Waals surface area contributed by atoms with Crippen LogP contribution in [0.5, 0.6) is 0 Å². The lowest BCUT2D eigenvalue weighted by molar-refractivity contribution is 0.576. The number of rotatable bonds is 8. The Kier molecular flexibility index (Phi) is 44.7. The van der Waals surface area contributed by atoms with Crippen molar-refractivity contribution in [1.29, 1.82) is 0 Å². The molecule has 0 heterocycles. The summed E-state index contributed by atoms with van der Waals surface area (Å²) >= 11 is 0. The lowest BCUT2D eigenvalue weighted by atomic mass is 10.1. The smallest absolute Gasteiger partial charge is 0.0471 e. The molecule has 22 heavy (non-hydrogen) atoms.